The van der Waals surface area contributed by atoms with Crippen molar-refractivity contribution in [2.24, 2.45) is 0 Å². The first-order chi connectivity index (χ1) is 9.63. The lowest BCUT2D eigenvalue weighted by Crippen LogP contribution is -2.00. The van der Waals surface area contributed by atoms with Crippen molar-refractivity contribution in [2.75, 3.05) is 7.11 Å². The predicted molar refractivity (Wildman–Crippen MR) is 88.9 cm³/mol. The van der Waals surface area contributed by atoms with Gasteiger partial charge in [0.1, 0.15) is 6.61 Å². The van der Waals surface area contributed by atoms with Crippen LogP contribution in [0.2, 0.25) is 0 Å². The second-order valence-corrected chi connectivity index (χ2v) is 6.09. The van der Waals surface area contributed by atoms with E-state index in [-0.39, 0.29) is 0 Å². The number of benzene rings is 2. The molecule has 0 aliphatic heterocycles. The maximum atomic E-state index is 8.95. The molecule has 0 aliphatic carbocycles. The highest BCUT2D eigenvalue weighted by Gasteiger charge is 2.11. The Bertz CT molecular complexity index is 650. The Balaban J connectivity index is 2.21. The summed E-state index contributed by atoms with van der Waals surface area (Å²) in [4.78, 5) is 0. The van der Waals surface area contributed by atoms with E-state index >= 15 is 0 Å². The molecule has 2 rings (SSSR count). The summed E-state index contributed by atoms with van der Waals surface area (Å²) >= 11 is 5.54. The number of hydrogen-bond acceptors (Lipinski definition) is 3. The van der Waals surface area contributed by atoms with Gasteiger partial charge >= 0.3 is 0 Å². The van der Waals surface area contributed by atoms with Gasteiger partial charge in [-0.3, -0.25) is 0 Å². The quantitative estimate of drug-likeness (QED) is 0.652. The van der Waals surface area contributed by atoms with Gasteiger partial charge < -0.3 is 9.47 Å². The minimum Gasteiger partial charge on any atom is -0.493 e. The maximum absolute atomic E-state index is 8.95. The van der Waals surface area contributed by atoms with E-state index in [2.05, 4.69) is 44.6 Å². The monoisotopic (exact) mass is 443 g/mol. The standard InChI is InChI=1S/C15H11BrINO2/c1-19-14-7-11(8-18)6-13(17)15(14)20-9-10-2-4-12(16)5-3-10/h2-7H,9H2,1H3. The number of methoxy groups -OCH3 is 1. The molecule has 0 aromatic heterocycles. The SMILES string of the molecule is COc1cc(C#N)cc(I)c1OCc1ccc(Br)cc1. The number of halogens is 2. The van der Waals surface area contributed by atoms with Gasteiger partial charge in [-0.25, -0.2) is 0 Å². The number of ether oxygens (including phenoxy) is 2. The van der Waals surface area contributed by atoms with E-state index in [1.165, 1.54) is 0 Å². The number of nitriles is 1. The van der Waals surface area contributed by atoms with Crippen LogP contribution in [0.4, 0.5) is 0 Å². The minimum atomic E-state index is 0.450. The van der Waals surface area contributed by atoms with Gasteiger partial charge in [0.2, 0.25) is 0 Å². The molecule has 0 fully saturated rings. The van der Waals surface area contributed by atoms with Gasteiger partial charge in [0.25, 0.3) is 0 Å². The maximum Gasteiger partial charge on any atom is 0.175 e. The van der Waals surface area contributed by atoms with E-state index < -0.39 is 0 Å². The van der Waals surface area contributed by atoms with Gasteiger partial charge in [0, 0.05) is 10.5 Å². The van der Waals surface area contributed by atoms with Crippen molar-refractivity contribution in [1.82, 2.24) is 0 Å². The van der Waals surface area contributed by atoms with Crippen LogP contribution in [-0.2, 0) is 6.61 Å². The molecule has 0 aliphatic rings. The van der Waals surface area contributed by atoms with Crippen molar-refractivity contribution in [2.45, 2.75) is 6.61 Å². The summed E-state index contributed by atoms with van der Waals surface area (Å²) in [6.45, 7) is 0.450. The zero-order valence-electron chi connectivity index (χ0n) is 10.7. The van der Waals surface area contributed by atoms with Crippen LogP contribution in [0.25, 0.3) is 0 Å². The first-order valence-corrected chi connectivity index (χ1v) is 7.66. The lowest BCUT2D eigenvalue weighted by atomic mass is 10.2. The van der Waals surface area contributed by atoms with Crippen LogP contribution in [0.3, 0.4) is 0 Å². The third-order valence-electron chi connectivity index (χ3n) is 2.65. The van der Waals surface area contributed by atoms with E-state index in [0.29, 0.717) is 23.7 Å². The summed E-state index contributed by atoms with van der Waals surface area (Å²) in [5, 5.41) is 8.95. The van der Waals surface area contributed by atoms with Gasteiger partial charge in [-0.2, -0.15) is 5.26 Å². The van der Waals surface area contributed by atoms with Gasteiger partial charge in [0.05, 0.1) is 22.3 Å². The Labute approximate surface area is 139 Å². The van der Waals surface area contributed by atoms with E-state index in [1.807, 2.05) is 24.3 Å². The molecule has 2 aromatic carbocycles. The lowest BCUT2D eigenvalue weighted by Gasteiger charge is -2.13. The summed E-state index contributed by atoms with van der Waals surface area (Å²) < 4.78 is 13.0. The molecule has 20 heavy (non-hydrogen) atoms. The zero-order chi connectivity index (χ0) is 14.5. The van der Waals surface area contributed by atoms with E-state index in [4.69, 9.17) is 14.7 Å². The molecule has 0 heterocycles. The van der Waals surface area contributed by atoms with Crippen molar-refractivity contribution in [3.63, 3.8) is 0 Å². The Morgan fingerprint density at radius 2 is 1.95 bits per heavy atom. The minimum absolute atomic E-state index is 0.450. The molecule has 0 spiro atoms. The Hall–Kier alpha value is -1.26. The lowest BCUT2D eigenvalue weighted by molar-refractivity contribution is 0.282. The number of nitrogens with zero attached hydrogens (tertiary/aromatic N) is 1. The smallest absolute Gasteiger partial charge is 0.175 e. The molecular weight excluding hydrogens is 433 g/mol. The summed E-state index contributed by atoms with van der Waals surface area (Å²) in [5.74, 6) is 1.24. The molecule has 0 amide bonds. The van der Waals surface area contributed by atoms with Crippen LogP contribution in [0.1, 0.15) is 11.1 Å². The van der Waals surface area contributed by atoms with E-state index in [9.17, 15) is 0 Å². The normalized spacial score (nSPS) is 9.90. The van der Waals surface area contributed by atoms with Gasteiger partial charge in [-0.05, 0) is 46.4 Å². The van der Waals surface area contributed by atoms with Crippen LogP contribution in [0.15, 0.2) is 40.9 Å². The highest BCUT2D eigenvalue weighted by atomic mass is 127. The molecule has 0 saturated carbocycles. The van der Waals surface area contributed by atoms with Crippen molar-refractivity contribution >= 4 is 38.5 Å². The Morgan fingerprint density at radius 1 is 1.25 bits per heavy atom. The zero-order valence-corrected chi connectivity index (χ0v) is 14.4. The highest BCUT2D eigenvalue weighted by Crippen LogP contribution is 2.34. The Morgan fingerprint density at radius 3 is 2.55 bits per heavy atom. The van der Waals surface area contributed by atoms with Crippen molar-refractivity contribution in [3.05, 3.63) is 55.6 Å². The third-order valence-corrected chi connectivity index (χ3v) is 3.98. The summed E-state index contributed by atoms with van der Waals surface area (Å²) in [7, 11) is 1.57. The topological polar surface area (TPSA) is 42.2 Å². The molecule has 3 nitrogen and oxygen atoms in total. The summed E-state index contributed by atoms with van der Waals surface area (Å²) in [5.41, 5.74) is 1.62. The number of rotatable bonds is 4. The predicted octanol–water partition coefficient (Wildman–Crippen LogP) is 4.51. The largest absolute Gasteiger partial charge is 0.493 e. The molecule has 0 N–H and O–H groups in total. The average Bonchev–Trinajstić information content (AvgIpc) is 2.47. The molecule has 5 heteroatoms. The summed E-state index contributed by atoms with van der Waals surface area (Å²) in [6, 6.07) is 13.5. The van der Waals surface area contributed by atoms with Crippen LogP contribution >= 0.6 is 38.5 Å². The fourth-order valence-electron chi connectivity index (χ4n) is 1.66. The van der Waals surface area contributed by atoms with Crippen molar-refractivity contribution in [3.8, 4) is 17.6 Å². The molecular formula is C15H11BrINO2. The molecule has 0 atom stereocenters. The molecule has 0 saturated heterocycles. The van der Waals surface area contributed by atoms with E-state index in [1.54, 1.807) is 19.2 Å². The van der Waals surface area contributed by atoms with Crippen LogP contribution in [0.5, 0.6) is 11.5 Å². The molecule has 102 valence electrons. The third kappa shape index (κ3) is 3.64. The first kappa shape index (κ1) is 15.1. The molecule has 0 bridgehead atoms. The highest BCUT2D eigenvalue weighted by molar-refractivity contribution is 14.1. The van der Waals surface area contributed by atoms with Crippen molar-refractivity contribution in [1.29, 1.82) is 5.26 Å². The van der Waals surface area contributed by atoms with Crippen molar-refractivity contribution < 1.29 is 9.47 Å². The van der Waals surface area contributed by atoms with E-state index in [0.717, 1.165) is 13.6 Å². The Kier molecular flexibility index (Phi) is 5.26. The fourth-order valence-corrected chi connectivity index (χ4v) is 2.68. The van der Waals surface area contributed by atoms with Gasteiger partial charge in [-0.1, -0.05) is 28.1 Å². The molecule has 0 radical (unpaired) electrons. The molecule has 0 unspecified atom stereocenters. The average molecular weight is 444 g/mol. The van der Waals surface area contributed by atoms with Gasteiger partial charge in [-0.15, -0.1) is 0 Å². The second-order valence-electron chi connectivity index (χ2n) is 4.02. The second kappa shape index (κ2) is 6.95. The van der Waals surface area contributed by atoms with Crippen LogP contribution in [0, 0.1) is 14.9 Å². The fraction of sp³-hybridized carbons (Fsp3) is 0.133. The van der Waals surface area contributed by atoms with Crippen LogP contribution < -0.4 is 9.47 Å². The summed E-state index contributed by atoms with van der Waals surface area (Å²) in [6.07, 6.45) is 0. The first-order valence-electron chi connectivity index (χ1n) is 5.79. The molecule has 2 aromatic rings. The van der Waals surface area contributed by atoms with Gasteiger partial charge in [0.15, 0.2) is 11.5 Å². The van der Waals surface area contributed by atoms with Crippen LogP contribution in [-0.4, -0.2) is 7.11 Å². The number of hydrogen-bond donors (Lipinski definition) is 0.